The molecule has 112 valence electrons. The molecule has 5 heteroatoms. The molecule has 0 aromatic heterocycles. The average molecular weight is 342 g/mol. The summed E-state index contributed by atoms with van der Waals surface area (Å²) in [5.41, 5.74) is 6.83. The van der Waals surface area contributed by atoms with Gasteiger partial charge in [-0.15, -0.1) is 0 Å². The number of halogens is 1. The fourth-order valence-corrected chi connectivity index (χ4v) is 2.80. The van der Waals surface area contributed by atoms with Gasteiger partial charge in [0.15, 0.2) is 0 Å². The minimum Gasteiger partial charge on any atom is -0.492 e. The summed E-state index contributed by atoms with van der Waals surface area (Å²) in [6.45, 7) is 6.97. The molecule has 0 saturated carbocycles. The standard InChI is InChI=1S/C15H24BrN3O/c1-18-6-8-19(9-7-18)10-11-20-14-2-3-15(16)13(12-14)4-5-17/h2-3,12H,4-11,17H2,1H3. The van der Waals surface area contributed by atoms with Gasteiger partial charge in [0.25, 0.3) is 0 Å². The van der Waals surface area contributed by atoms with Gasteiger partial charge >= 0.3 is 0 Å². The van der Waals surface area contributed by atoms with E-state index in [1.807, 2.05) is 12.1 Å². The molecule has 2 rings (SSSR count). The number of hydrogen-bond donors (Lipinski definition) is 1. The second-order valence-electron chi connectivity index (χ2n) is 5.29. The lowest BCUT2D eigenvalue weighted by Crippen LogP contribution is -2.45. The highest BCUT2D eigenvalue weighted by Crippen LogP contribution is 2.22. The second kappa shape index (κ2) is 7.98. The van der Waals surface area contributed by atoms with Gasteiger partial charge in [-0.2, -0.15) is 0 Å². The van der Waals surface area contributed by atoms with Crippen molar-refractivity contribution in [1.82, 2.24) is 9.80 Å². The summed E-state index contributed by atoms with van der Waals surface area (Å²) in [4.78, 5) is 4.82. The summed E-state index contributed by atoms with van der Waals surface area (Å²) in [6, 6.07) is 6.13. The molecule has 1 aromatic carbocycles. The molecule has 0 unspecified atom stereocenters. The van der Waals surface area contributed by atoms with E-state index >= 15 is 0 Å². The Morgan fingerprint density at radius 2 is 2.00 bits per heavy atom. The van der Waals surface area contributed by atoms with E-state index in [0.717, 1.165) is 56.0 Å². The molecule has 20 heavy (non-hydrogen) atoms. The first kappa shape index (κ1) is 15.8. The molecule has 0 amide bonds. The topological polar surface area (TPSA) is 41.7 Å². The average Bonchev–Trinajstić information content (AvgIpc) is 2.45. The maximum Gasteiger partial charge on any atom is 0.119 e. The van der Waals surface area contributed by atoms with Gasteiger partial charge in [0.05, 0.1) is 0 Å². The fourth-order valence-electron chi connectivity index (χ4n) is 2.35. The highest BCUT2D eigenvalue weighted by molar-refractivity contribution is 9.10. The Morgan fingerprint density at radius 3 is 2.70 bits per heavy atom. The predicted molar refractivity (Wildman–Crippen MR) is 86.3 cm³/mol. The van der Waals surface area contributed by atoms with Gasteiger partial charge in [0.2, 0.25) is 0 Å². The van der Waals surface area contributed by atoms with Gasteiger partial charge in [-0.3, -0.25) is 4.90 Å². The van der Waals surface area contributed by atoms with E-state index in [0.29, 0.717) is 6.54 Å². The Labute approximate surface area is 130 Å². The summed E-state index contributed by atoms with van der Waals surface area (Å²) in [5.74, 6) is 0.936. The van der Waals surface area contributed by atoms with Crippen molar-refractivity contribution in [3.8, 4) is 5.75 Å². The Hall–Kier alpha value is -0.620. The van der Waals surface area contributed by atoms with Crippen molar-refractivity contribution in [3.05, 3.63) is 28.2 Å². The molecule has 1 aromatic rings. The van der Waals surface area contributed by atoms with Crippen LogP contribution in [-0.4, -0.2) is 62.7 Å². The number of hydrogen-bond acceptors (Lipinski definition) is 4. The van der Waals surface area contributed by atoms with Crippen LogP contribution in [0.1, 0.15) is 5.56 Å². The number of nitrogens with two attached hydrogens (primary N) is 1. The van der Waals surface area contributed by atoms with E-state index in [4.69, 9.17) is 10.5 Å². The van der Waals surface area contributed by atoms with Gasteiger partial charge in [-0.1, -0.05) is 15.9 Å². The molecule has 1 heterocycles. The third kappa shape index (κ3) is 4.74. The third-order valence-electron chi connectivity index (χ3n) is 3.70. The van der Waals surface area contributed by atoms with E-state index < -0.39 is 0 Å². The smallest absolute Gasteiger partial charge is 0.119 e. The molecule has 1 aliphatic heterocycles. The zero-order chi connectivity index (χ0) is 14.4. The van der Waals surface area contributed by atoms with Crippen molar-refractivity contribution >= 4 is 15.9 Å². The molecule has 0 radical (unpaired) electrons. The highest BCUT2D eigenvalue weighted by Gasteiger charge is 2.13. The Bertz CT molecular complexity index is 420. The van der Waals surface area contributed by atoms with Crippen molar-refractivity contribution in [2.75, 3.05) is 52.9 Å². The molecular weight excluding hydrogens is 318 g/mol. The highest BCUT2D eigenvalue weighted by atomic mass is 79.9. The van der Waals surface area contributed by atoms with Crippen molar-refractivity contribution < 1.29 is 4.74 Å². The van der Waals surface area contributed by atoms with Crippen LogP contribution in [0.5, 0.6) is 5.75 Å². The van der Waals surface area contributed by atoms with Crippen LogP contribution >= 0.6 is 15.9 Å². The van der Waals surface area contributed by atoms with E-state index in [1.54, 1.807) is 0 Å². The molecule has 1 saturated heterocycles. The molecule has 0 aliphatic carbocycles. The summed E-state index contributed by atoms with van der Waals surface area (Å²) in [7, 11) is 2.18. The molecular formula is C15H24BrN3O. The van der Waals surface area contributed by atoms with Crippen LogP contribution in [0.15, 0.2) is 22.7 Å². The van der Waals surface area contributed by atoms with Crippen LogP contribution < -0.4 is 10.5 Å². The summed E-state index contributed by atoms with van der Waals surface area (Å²) in [5, 5.41) is 0. The number of benzene rings is 1. The number of nitrogens with zero attached hydrogens (tertiary/aromatic N) is 2. The molecule has 0 atom stereocenters. The number of piperazine rings is 1. The quantitative estimate of drug-likeness (QED) is 0.852. The van der Waals surface area contributed by atoms with Gasteiger partial charge < -0.3 is 15.4 Å². The monoisotopic (exact) mass is 341 g/mol. The first-order chi connectivity index (χ1) is 9.69. The van der Waals surface area contributed by atoms with Crippen molar-refractivity contribution in [1.29, 1.82) is 0 Å². The van der Waals surface area contributed by atoms with E-state index in [2.05, 4.69) is 38.8 Å². The van der Waals surface area contributed by atoms with Crippen LogP contribution in [0.2, 0.25) is 0 Å². The predicted octanol–water partition coefficient (Wildman–Crippen LogP) is 1.58. The summed E-state index contributed by atoms with van der Waals surface area (Å²) in [6.07, 6.45) is 0.871. The Balaban J connectivity index is 1.77. The van der Waals surface area contributed by atoms with Crippen LogP contribution in [0.25, 0.3) is 0 Å². The maximum absolute atomic E-state index is 5.86. The Morgan fingerprint density at radius 1 is 1.25 bits per heavy atom. The van der Waals surface area contributed by atoms with Crippen LogP contribution in [-0.2, 0) is 6.42 Å². The molecule has 1 aliphatic rings. The van der Waals surface area contributed by atoms with Crippen LogP contribution in [0.3, 0.4) is 0 Å². The summed E-state index contributed by atoms with van der Waals surface area (Å²) >= 11 is 3.54. The fraction of sp³-hybridized carbons (Fsp3) is 0.600. The lowest BCUT2D eigenvalue weighted by atomic mass is 10.1. The first-order valence-electron chi connectivity index (χ1n) is 7.21. The van der Waals surface area contributed by atoms with Crippen LogP contribution in [0.4, 0.5) is 0 Å². The third-order valence-corrected chi connectivity index (χ3v) is 4.48. The van der Waals surface area contributed by atoms with E-state index in [9.17, 15) is 0 Å². The summed E-state index contributed by atoms with van der Waals surface area (Å²) < 4.78 is 6.97. The number of likely N-dealkylation sites (N-methyl/N-ethyl adjacent to an activating group) is 1. The van der Waals surface area contributed by atoms with E-state index in [1.165, 1.54) is 5.56 Å². The molecule has 2 N–H and O–H groups in total. The largest absolute Gasteiger partial charge is 0.492 e. The Kier molecular flexibility index (Phi) is 6.29. The van der Waals surface area contributed by atoms with E-state index in [-0.39, 0.29) is 0 Å². The van der Waals surface area contributed by atoms with Gasteiger partial charge in [0, 0.05) is 37.2 Å². The van der Waals surface area contributed by atoms with Crippen molar-refractivity contribution in [3.63, 3.8) is 0 Å². The maximum atomic E-state index is 5.86. The lowest BCUT2D eigenvalue weighted by Gasteiger charge is -2.32. The minimum atomic E-state index is 0.656. The van der Waals surface area contributed by atoms with Crippen molar-refractivity contribution in [2.24, 2.45) is 5.73 Å². The SMILES string of the molecule is CN1CCN(CCOc2ccc(Br)c(CCN)c2)CC1. The number of rotatable bonds is 6. The number of ether oxygens (including phenoxy) is 1. The molecule has 1 fully saturated rings. The van der Waals surface area contributed by atoms with Crippen molar-refractivity contribution in [2.45, 2.75) is 6.42 Å². The zero-order valence-corrected chi connectivity index (χ0v) is 13.7. The first-order valence-corrected chi connectivity index (χ1v) is 8.00. The molecule has 0 bridgehead atoms. The minimum absolute atomic E-state index is 0.656. The molecule has 0 spiro atoms. The second-order valence-corrected chi connectivity index (χ2v) is 6.14. The van der Waals surface area contributed by atoms with Gasteiger partial charge in [-0.05, 0) is 43.8 Å². The lowest BCUT2D eigenvalue weighted by molar-refractivity contribution is 0.133. The van der Waals surface area contributed by atoms with Gasteiger partial charge in [-0.25, -0.2) is 0 Å². The van der Waals surface area contributed by atoms with Gasteiger partial charge in [0.1, 0.15) is 12.4 Å². The molecule has 4 nitrogen and oxygen atoms in total. The normalized spacial score (nSPS) is 17.4. The zero-order valence-electron chi connectivity index (χ0n) is 12.1. The van der Waals surface area contributed by atoms with Crippen LogP contribution in [0, 0.1) is 0 Å².